The highest BCUT2D eigenvalue weighted by Gasteiger charge is 2.25. The lowest BCUT2D eigenvalue weighted by molar-refractivity contribution is -0.121. The van der Waals surface area contributed by atoms with E-state index in [1.165, 1.54) is 5.56 Å². The van der Waals surface area contributed by atoms with Gasteiger partial charge in [-0.2, -0.15) is 0 Å². The largest absolute Gasteiger partial charge is 0.493 e. The Kier molecular flexibility index (Phi) is 4.19. The van der Waals surface area contributed by atoms with Crippen molar-refractivity contribution in [2.45, 2.75) is 39.7 Å². The van der Waals surface area contributed by atoms with Crippen LogP contribution in [0.15, 0.2) is 36.4 Å². The summed E-state index contributed by atoms with van der Waals surface area (Å²) in [6.45, 7) is 6.80. The number of H-pyrrole nitrogens is 1. The van der Waals surface area contributed by atoms with Crippen molar-refractivity contribution in [1.82, 2.24) is 10.3 Å². The number of rotatable bonds is 3. The average molecular weight is 348 g/mol. The van der Waals surface area contributed by atoms with Gasteiger partial charge in [-0.3, -0.25) is 4.79 Å². The summed E-state index contributed by atoms with van der Waals surface area (Å²) in [6.07, 6.45) is 1.18. The van der Waals surface area contributed by atoms with Gasteiger partial charge in [0.25, 0.3) is 0 Å². The Morgan fingerprint density at radius 2 is 2.04 bits per heavy atom. The molecule has 26 heavy (non-hydrogen) atoms. The Morgan fingerprint density at radius 3 is 2.88 bits per heavy atom. The van der Waals surface area contributed by atoms with Crippen LogP contribution in [0.4, 0.5) is 0 Å². The maximum absolute atomic E-state index is 12.8. The van der Waals surface area contributed by atoms with Crippen molar-refractivity contribution >= 4 is 16.8 Å². The van der Waals surface area contributed by atoms with Gasteiger partial charge < -0.3 is 15.0 Å². The molecule has 1 amide bonds. The molecule has 0 fully saturated rings. The standard InChI is InChI=1S/C22H24N2O2/c1-13-10-14(2)22-18(11-13)20(8-9-26-22)24-21(25)12-17-15(3)23-19-7-5-4-6-16(17)19/h4-7,10-11,20,23H,8-9,12H2,1-3H3,(H,24,25). The number of aromatic nitrogens is 1. The summed E-state index contributed by atoms with van der Waals surface area (Å²) < 4.78 is 5.85. The van der Waals surface area contributed by atoms with Gasteiger partial charge in [0, 0.05) is 28.6 Å². The average Bonchev–Trinajstić information content (AvgIpc) is 2.91. The molecule has 4 rings (SSSR count). The molecule has 0 saturated carbocycles. The van der Waals surface area contributed by atoms with Crippen LogP contribution in [0.1, 0.15) is 40.4 Å². The predicted molar refractivity (Wildman–Crippen MR) is 104 cm³/mol. The van der Waals surface area contributed by atoms with Gasteiger partial charge in [0.05, 0.1) is 19.1 Å². The molecule has 1 unspecified atom stereocenters. The lowest BCUT2D eigenvalue weighted by Crippen LogP contribution is -2.33. The van der Waals surface area contributed by atoms with E-state index in [0.717, 1.165) is 45.5 Å². The minimum absolute atomic E-state index is 0.00959. The summed E-state index contributed by atoms with van der Waals surface area (Å²) in [7, 11) is 0. The highest BCUT2D eigenvalue weighted by molar-refractivity contribution is 5.90. The quantitative estimate of drug-likeness (QED) is 0.742. The number of fused-ring (bicyclic) bond motifs is 2. The summed E-state index contributed by atoms with van der Waals surface area (Å²) in [5, 5.41) is 4.35. The highest BCUT2D eigenvalue weighted by Crippen LogP contribution is 2.35. The topological polar surface area (TPSA) is 54.1 Å². The van der Waals surface area contributed by atoms with Crippen molar-refractivity contribution in [3.63, 3.8) is 0 Å². The van der Waals surface area contributed by atoms with Gasteiger partial charge in [-0.1, -0.05) is 35.9 Å². The monoisotopic (exact) mass is 348 g/mol. The molecule has 3 aromatic rings. The molecule has 1 atom stereocenters. The number of nitrogens with one attached hydrogen (secondary N) is 2. The fourth-order valence-electron chi connectivity index (χ4n) is 4.00. The zero-order chi connectivity index (χ0) is 18.3. The Balaban J connectivity index is 1.57. The molecule has 1 aliphatic rings. The van der Waals surface area contributed by atoms with E-state index in [2.05, 4.69) is 42.3 Å². The highest BCUT2D eigenvalue weighted by atomic mass is 16.5. The van der Waals surface area contributed by atoms with Crippen LogP contribution in [0.2, 0.25) is 0 Å². The molecule has 2 N–H and O–H groups in total. The number of aryl methyl sites for hydroxylation is 3. The summed E-state index contributed by atoms with van der Waals surface area (Å²) in [5.41, 5.74) is 6.63. The second-order valence-electron chi connectivity index (χ2n) is 7.21. The second kappa shape index (κ2) is 6.52. The third-order valence-corrected chi connectivity index (χ3v) is 5.18. The molecule has 0 radical (unpaired) electrons. The molecule has 2 heterocycles. The van der Waals surface area contributed by atoms with Crippen LogP contribution in [-0.2, 0) is 11.2 Å². The number of carbonyl (C=O) groups is 1. The Bertz CT molecular complexity index is 987. The molecule has 0 bridgehead atoms. The van der Waals surface area contributed by atoms with Gasteiger partial charge in [0.1, 0.15) is 5.75 Å². The number of carbonyl (C=O) groups excluding carboxylic acids is 1. The van der Waals surface area contributed by atoms with E-state index in [-0.39, 0.29) is 11.9 Å². The molecular formula is C22H24N2O2. The Morgan fingerprint density at radius 1 is 1.23 bits per heavy atom. The zero-order valence-corrected chi connectivity index (χ0v) is 15.5. The van der Waals surface area contributed by atoms with Gasteiger partial charge in [-0.05, 0) is 38.0 Å². The first-order valence-electron chi connectivity index (χ1n) is 9.12. The molecule has 4 nitrogen and oxygen atoms in total. The van der Waals surface area contributed by atoms with Crippen LogP contribution in [0.25, 0.3) is 10.9 Å². The maximum Gasteiger partial charge on any atom is 0.224 e. The van der Waals surface area contributed by atoms with E-state index in [1.54, 1.807) is 0 Å². The van der Waals surface area contributed by atoms with Crippen LogP contribution >= 0.6 is 0 Å². The SMILES string of the molecule is Cc1cc(C)c2c(c1)C(NC(=O)Cc1c(C)[nH]c3ccccc13)CCO2. The summed E-state index contributed by atoms with van der Waals surface area (Å²) >= 11 is 0. The van der Waals surface area contributed by atoms with E-state index >= 15 is 0 Å². The van der Waals surface area contributed by atoms with Crippen LogP contribution in [-0.4, -0.2) is 17.5 Å². The number of aromatic amines is 1. The lowest BCUT2D eigenvalue weighted by Gasteiger charge is -2.28. The second-order valence-corrected chi connectivity index (χ2v) is 7.21. The number of benzene rings is 2. The van der Waals surface area contributed by atoms with E-state index in [9.17, 15) is 4.79 Å². The number of para-hydroxylation sites is 1. The zero-order valence-electron chi connectivity index (χ0n) is 15.5. The third kappa shape index (κ3) is 2.96. The van der Waals surface area contributed by atoms with Crippen molar-refractivity contribution in [2.75, 3.05) is 6.61 Å². The van der Waals surface area contributed by atoms with E-state index < -0.39 is 0 Å². The molecule has 2 aromatic carbocycles. The molecular weight excluding hydrogens is 324 g/mol. The van der Waals surface area contributed by atoms with Crippen molar-refractivity contribution in [2.24, 2.45) is 0 Å². The first-order valence-corrected chi connectivity index (χ1v) is 9.12. The molecule has 0 spiro atoms. The van der Waals surface area contributed by atoms with Crippen molar-refractivity contribution < 1.29 is 9.53 Å². The third-order valence-electron chi connectivity index (χ3n) is 5.18. The first kappa shape index (κ1) is 16.7. The molecule has 134 valence electrons. The molecule has 0 saturated heterocycles. The normalized spacial score (nSPS) is 16.2. The van der Waals surface area contributed by atoms with E-state index in [4.69, 9.17) is 4.74 Å². The van der Waals surface area contributed by atoms with Gasteiger partial charge in [0.15, 0.2) is 0 Å². The number of hydrogen-bond acceptors (Lipinski definition) is 2. The van der Waals surface area contributed by atoms with Crippen LogP contribution in [0, 0.1) is 20.8 Å². The minimum Gasteiger partial charge on any atom is -0.493 e. The van der Waals surface area contributed by atoms with Gasteiger partial charge >= 0.3 is 0 Å². The summed E-state index contributed by atoms with van der Waals surface area (Å²) in [4.78, 5) is 16.2. The number of amides is 1. The minimum atomic E-state index is 0.00959. The van der Waals surface area contributed by atoms with Crippen LogP contribution < -0.4 is 10.1 Å². The van der Waals surface area contributed by atoms with Gasteiger partial charge in [-0.15, -0.1) is 0 Å². The predicted octanol–water partition coefficient (Wildman–Crippen LogP) is 4.28. The molecule has 1 aliphatic heterocycles. The van der Waals surface area contributed by atoms with Crippen molar-refractivity contribution in [3.05, 3.63) is 64.3 Å². The summed E-state index contributed by atoms with van der Waals surface area (Å²) in [6, 6.07) is 12.4. The first-order chi connectivity index (χ1) is 12.5. The van der Waals surface area contributed by atoms with Gasteiger partial charge in [0.2, 0.25) is 5.91 Å². The van der Waals surface area contributed by atoms with Gasteiger partial charge in [-0.25, -0.2) is 0 Å². The fourth-order valence-corrected chi connectivity index (χ4v) is 4.00. The molecule has 1 aromatic heterocycles. The van der Waals surface area contributed by atoms with Crippen molar-refractivity contribution in [1.29, 1.82) is 0 Å². The Hall–Kier alpha value is -2.75. The van der Waals surface area contributed by atoms with E-state index in [0.29, 0.717) is 13.0 Å². The smallest absolute Gasteiger partial charge is 0.224 e. The lowest BCUT2D eigenvalue weighted by atomic mass is 9.95. The Labute approximate surface area is 153 Å². The van der Waals surface area contributed by atoms with Crippen LogP contribution in [0.3, 0.4) is 0 Å². The number of hydrogen-bond donors (Lipinski definition) is 2. The molecule has 4 heteroatoms. The fraction of sp³-hybridized carbons (Fsp3) is 0.318. The molecule has 0 aliphatic carbocycles. The number of ether oxygens (including phenoxy) is 1. The van der Waals surface area contributed by atoms with E-state index in [1.807, 2.05) is 25.1 Å². The van der Waals surface area contributed by atoms with Crippen LogP contribution in [0.5, 0.6) is 5.75 Å². The maximum atomic E-state index is 12.8. The van der Waals surface area contributed by atoms with Crippen molar-refractivity contribution in [3.8, 4) is 5.75 Å². The summed E-state index contributed by atoms with van der Waals surface area (Å²) in [5.74, 6) is 0.977.